The van der Waals surface area contributed by atoms with Crippen molar-refractivity contribution in [3.8, 4) is 17.0 Å². The molecule has 5 heteroatoms. The summed E-state index contributed by atoms with van der Waals surface area (Å²) in [6, 6.07) is 15.4. The van der Waals surface area contributed by atoms with Gasteiger partial charge in [0.25, 0.3) is 5.91 Å². The van der Waals surface area contributed by atoms with Crippen molar-refractivity contribution in [3.63, 3.8) is 0 Å². The van der Waals surface area contributed by atoms with Crippen molar-refractivity contribution in [2.24, 2.45) is 0 Å². The molecule has 0 aliphatic rings. The van der Waals surface area contributed by atoms with Crippen molar-refractivity contribution < 1.29 is 9.53 Å². The fraction of sp³-hybridized carbons (Fsp3) is 0.308. The highest BCUT2D eigenvalue weighted by Gasteiger charge is 2.23. The first-order valence-electron chi connectivity index (χ1n) is 10.8. The molecule has 1 heterocycles. The van der Waals surface area contributed by atoms with Crippen molar-refractivity contribution in [3.05, 3.63) is 75.9 Å². The lowest BCUT2D eigenvalue weighted by atomic mass is 10.0. The minimum absolute atomic E-state index is 0.232. The molecule has 4 nitrogen and oxygen atoms in total. The van der Waals surface area contributed by atoms with Crippen molar-refractivity contribution in [2.45, 2.75) is 47.0 Å². The zero-order valence-corrected chi connectivity index (χ0v) is 19.3. The van der Waals surface area contributed by atoms with E-state index in [0.29, 0.717) is 28.6 Å². The van der Waals surface area contributed by atoms with Gasteiger partial charge in [-0.05, 0) is 49.4 Å². The number of anilines is 1. The van der Waals surface area contributed by atoms with Crippen LogP contribution in [0.15, 0.2) is 48.5 Å². The van der Waals surface area contributed by atoms with Crippen LogP contribution in [0.4, 0.5) is 5.69 Å². The maximum atomic E-state index is 13.7. The summed E-state index contributed by atoms with van der Waals surface area (Å²) < 4.78 is 6.00. The van der Waals surface area contributed by atoms with Gasteiger partial charge in [-0.2, -0.15) is 0 Å². The lowest BCUT2D eigenvalue weighted by Crippen LogP contribution is -2.18. The molecule has 0 radical (unpaired) electrons. The van der Waals surface area contributed by atoms with E-state index in [0.717, 1.165) is 47.3 Å². The Labute approximate surface area is 189 Å². The van der Waals surface area contributed by atoms with Crippen molar-refractivity contribution >= 4 is 23.2 Å². The van der Waals surface area contributed by atoms with Crippen LogP contribution in [-0.2, 0) is 12.8 Å². The van der Waals surface area contributed by atoms with Gasteiger partial charge < -0.3 is 10.1 Å². The Morgan fingerprint density at radius 3 is 2.32 bits per heavy atom. The normalized spacial score (nSPS) is 10.7. The van der Waals surface area contributed by atoms with E-state index in [1.807, 2.05) is 44.2 Å². The number of nitrogens with zero attached hydrogens (tertiary/aromatic N) is 1. The summed E-state index contributed by atoms with van der Waals surface area (Å²) in [6.07, 6.45) is 2.50. The maximum absolute atomic E-state index is 13.7. The molecule has 0 fully saturated rings. The summed E-state index contributed by atoms with van der Waals surface area (Å²) in [4.78, 5) is 18.4. The van der Waals surface area contributed by atoms with Crippen LogP contribution in [0.3, 0.4) is 0 Å². The van der Waals surface area contributed by atoms with E-state index in [9.17, 15) is 4.79 Å². The van der Waals surface area contributed by atoms with E-state index < -0.39 is 0 Å². The summed E-state index contributed by atoms with van der Waals surface area (Å²) in [6.45, 7) is 8.63. The van der Waals surface area contributed by atoms with Gasteiger partial charge in [0.05, 0.1) is 12.3 Å². The van der Waals surface area contributed by atoms with Crippen molar-refractivity contribution in [1.29, 1.82) is 0 Å². The number of halogens is 1. The number of hydrogen-bond donors (Lipinski definition) is 1. The fourth-order valence-corrected chi connectivity index (χ4v) is 3.80. The highest BCUT2D eigenvalue weighted by Crippen LogP contribution is 2.33. The highest BCUT2D eigenvalue weighted by atomic mass is 35.5. The predicted molar refractivity (Wildman–Crippen MR) is 128 cm³/mol. The van der Waals surface area contributed by atoms with Crippen LogP contribution < -0.4 is 10.1 Å². The number of rotatable bonds is 8. The van der Waals surface area contributed by atoms with E-state index in [1.54, 1.807) is 6.07 Å². The first-order valence-corrected chi connectivity index (χ1v) is 11.2. The molecule has 0 spiro atoms. The molecule has 0 bridgehead atoms. The molecule has 1 N–H and O–H groups in total. The van der Waals surface area contributed by atoms with Gasteiger partial charge in [-0.25, -0.2) is 0 Å². The van der Waals surface area contributed by atoms with Gasteiger partial charge >= 0.3 is 0 Å². The lowest BCUT2D eigenvalue weighted by molar-refractivity contribution is 0.102. The molecule has 0 unspecified atom stereocenters. The molecule has 0 saturated carbocycles. The van der Waals surface area contributed by atoms with Crippen LogP contribution in [0.5, 0.6) is 5.75 Å². The number of amides is 1. The van der Waals surface area contributed by atoms with Gasteiger partial charge in [-0.3, -0.25) is 9.78 Å². The van der Waals surface area contributed by atoms with Crippen LogP contribution in [0.1, 0.15) is 54.4 Å². The monoisotopic (exact) mass is 436 g/mol. The molecule has 3 aromatic rings. The average Bonchev–Trinajstić information content (AvgIpc) is 2.77. The summed E-state index contributed by atoms with van der Waals surface area (Å²) in [5.74, 6) is 0.304. The Hall–Kier alpha value is -2.85. The van der Waals surface area contributed by atoms with Gasteiger partial charge in [-0.15, -0.1) is 0 Å². The summed E-state index contributed by atoms with van der Waals surface area (Å²) >= 11 is 6.24. The number of ether oxygens (including phenoxy) is 1. The second-order valence-electron chi connectivity index (χ2n) is 7.46. The van der Waals surface area contributed by atoms with Crippen LogP contribution >= 0.6 is 11.6 Å². The smallest absolute Gasteiger partial charge is 0.261 e. The van der Waals surface area contributed by atoms with Crippen LogP contribution in [0.25, 0.3) is 11.3 Å². The molecule has 0 saturated heterocycles. The third-order valence-electron chi connectivity index (χ3n) is 5.14. The van der Waals surface area contributed by atoms with Crippen molar-refractivity contribution in [2.75, 3.05) is 11.9 Å². The highest BCUT2D eigenvalue weighted by molar-refractivity contribution is 6.30. The summed E-state index contributed by atoms with van der Waals surface area (Å²) in [5.41, 5.74) is 5.63. The Morgan fingerprint density at radius 1 is 1.03 bits per heavy atom. The minimum atomic E-state index is -0.232. The molecule has 1 aromatic heterocycles. The molecule has 0 atom stereocenters. The zero-order chi connectivity index (χ0) is 22.4. The number of aryl methyl sites for hydroxylation is 3. The van der Waals surface area contributed by atoms with E-state index >= 15 is 0 Å². The number of carbonyl (C=O) groups excluding carboxylic acids is 1. The van der Waals surface area contributed by atoms with E-state index in [2.05, 4.69) is 31.3 Å². The number of para-hydroxylation sites is 1. The Bertz CT molecular complexity index is 1060. The summed E-state index contributed by atoms with van der Waals surface area (Å²) in [7, 11) is 0. The fourth-order valence-electron chi connectivity index (χ4n) is 3.61. The lowest BCUT2D eigenvalue weighted by Gasteiger charge is -2.19. The van der Waals surface area contributed by atoms with Crippen LogP contribution in [0, 0.1) is 6.92 Å². The molecule has 0 aliphatic carbocycles. The first kappa shape index (κ1) is 22.8. The minimum Gasteiger partial charge on any atom is -0.493 e. The summed E-state index contributed by atoms with van der Waals surface area (Å²) in [5, 5.41) is 3.76. The SMILES string of the molecule is CCCOc1cc(C)nc(-c2cccc(Cl)c2)c1C(=O)Nc1c(CC)cccc1CC. The predicted octanol–water partition coefficient (Wildman–Crippen LogP) is 6.88. The van der Waals surface area contributed by atoms with E-state index in [1.165, 1.54) is 0 Å². The second-order valence-corrected chi connectivity index (χ2v) is 7.89. The number of hydrogen-bond acceptors (Lipinski definition) is 3. The zero-order valence-electron chi connectivity index (χ0n) is 18.6. The Kier molecular flexibility index (Phi) is 7.69. The molecule has 162 valence electrons. The van der Waals surface area contributed by atoms with Crippen LogP contribution in [-0.4, -0.2) is 17.5 Å². The molecule has 31 heavy (non-hydrogen) atoms. The van der Waals surface area contributed by atoms with Gasteiger partial charge in [0.1, 0.15) is 11.3 Å². The molecule has 0 aliphatic heterocycles. The molecule has 1 amide bonds. The number of benzene rings is 2. The third kappa shape index (κ3) is 5.26. The topological polar surface area (TPSA) is 51.2 Å². The van der Waals surface area contributed by atoms with Gasteiger partial charge in [0.15, 0.2) is 0 Å². The number of aromatic nitrogens is 1. The second kappa shape index (κ2) is 10.5. The maximum Gasteiger partial charge on any atom is 0.261 e. The van der Waals surface area contributed by atoms with Gasteiger partial charge in [0, 0.05) is 28.0 Å². The number of carbonyl (C=O) groups is 1. The van der Waals surface area contributed by atoms with Crippen LogP contribution in [0.2, 0.25) is 5.02 Å². The average molecular weight is 437 g/mol. The molecular weight excluding hydrogens is 408 g/mol. The molecule has 3 rings (SSSR count). The third-order valence-corrected chi connectivity index (χ3v) is 5.37. The standard InChI is InChI=1S/C26H29ClN2O2/c1-5-14-31-22-15-17(4)28-25(20-12-9-13-21(27)16-20)23(22)26(30)29-24-18(6-2)10-8-11-19(24)7-3/h8-13,15-16H,5-7,14H2,1-4H3,(H,29,30). The van der Waals surface area contributed by atoms with E-state index in [-0.39, 0.29) is 5.91 Å². The molecular formula is C26H29ClN2O2. The Balaban J connectivity index is 2.15. The van der Waals surface area contributed by atoms with E-state index in [4.69, 9.17) is 21.3 Å². The first-order chi connectivity index (χ1) is 15.0. The quantitative estimate of drug-likeness (QED) is 0.418. The van der Waals surface area contributed by atoms with Gasteiger partial charge in [-0.1, -0.05) is 62.7 Å². The number of nitrogens with one attached hydrogen (secondary N) is 1. The molecule has 2 aromatic carbocycles. The van der Waals surface area contributed by atoms with Crippen molar-refractivity contribution in [1.82, 2.24) is 4.98 Å². The Morgan fingerprint density at radius 2 is 1.71 bits per heavy atom. The van der Waals surface area contributed by atoms with Gasteiger partial charge in [0.2, 0.25) is 0 Å². The largest absolute Gasteiger partial charge is 0.493 e. The number of pyridine rings is 1.